The molecule has 2 aromatic rings. The quantitative estimate of drug-likeness (QED) is 0.785. The van der Waals surface area contributed by atoms with Gasteiger partial charge >= 0.3 is 0 Å². The minimum Gasteiger partial charge on any atom is -0.265 e. The zero-order valence-corrected chi connectivity index (χ0v) is 9.67. The number of rotatable bonds is 4. The number of aromatic nitrogens is 4. The number of hydrogen-bond donors (Lipinski definition) is 0. The van der Waals surface area contributed by atoms with Gasteiger partial charge in [-0.1, -0.05) is 12.1 Å². The van der Waals surface area contributed by atoms with Gasteiger partial charge in [-0.15, -0.1) is 5.10 Å². The van der Waals surface area contributed by atoms with Crippen molar-refractivity contribution in [2.24, 2.45) is 0 Å². The normalized spacial score (nSPS) is 12.6. The fraction of sp³-hybridized carbons (Fsp3) is 0.417. The molecule has 0 saturated carbocycles. The number of hydrogen-bond acceptors (Lipinski definition) is 3. The Morgan fingerprint density at radius 1 is 1.31 bits per heavy atom. The molecule has 0 fully saturated rings. The van der Waals surface area contributed by atoms with Crippen LogP contribution in [0.2, 0.25) is 0 Å². The lowest BCUT2D eigenvalue weighted by molar-refractivity contribution is 0.626. The van der Waals surface area contributed by atoms with Crippen LogP contribution in [-0.2, 0) is 13.0 Å². The van der Waals surface area contributed by atoms with Crippen molar-refractivity contribution < 1.29 is 0 Å². The van der Waals surface area contributed by atoms with E-state index < -0.39 is 0 Å². The monoisotopic (exact) mass is 216 g/mol. The third-order valence-electron chi connectivity index (χ3n) is 2.70. The van der Waals surface area contributed by atoms with Crippen LogP contribution in [0.5, 0.6) is 0 Å². The standard InChI is InChI=1S/C12H16N4/c1-3-16-9-12(14-15-16)8-10(2)11-4-6-13-7-5-11/h4-7,9-10H,3,8H2,1-2H3. The van der Waals surface area contributed by atoms with E-state index >= 15 is 0 Å². The molecule has 2 heterocycles. The molecule has 0 saturated heterocycles. The third kappa shape index (κ3) is 2.45. The molecule has 4 heteroatoms. The van der Waals surface area contributed by atoms with Gasteiger partial charge in [0.15, 0.2) is 0 Å². The Morgan fingerprint density at radius 2 is 2.06 bits per heavy atom. The van der Waals surface area contributed by atoms with Gasteiger partial charge in [-0.3, -0.25) is 9.67 Å². The van der Waals surface area contributed by atoms with E-state index in [4.69, 9.17) is 0 Å². The molecule has 2 rings (SSSR count). The van der Waals surface area contributed by atoms with Crippen molar-refractivity contribution in [1.29, 1.82) is 0 Å². The first-order valence-corrected chi connectivity index (χ1v) is 5.58. The molecule has 1 unspecified atom stereocenters. The first-order valence-electron chi connectivity index (χ1n) is 5.58. The Morgan fingerprint density at radius 3 is 2.69 bits per heavy atom. The lowest BCUT2D eigenvalue weighted by Gasteiger charge is -2.08. The minimum atomic E-state index is 0.449. The summed E-state index contributed by atoms with van der Waals surface area (Å²) in [4.78, 5) is 4.02. The predicted molar refractivity (Wildman–Crippen MR) is 62.1 cm³/mol. The molecule has 0 N–H and O–H groups in total. The Kier molecular flexibility index (Phi) is 3.29. The number of pyridine rings is 1. The van der Waals surface area contributed by atoms with Crippen LogP contribution < -0.4 is 0 Å². The summed E-state index contributed by atoms with van der Waals surface area (Å²) in [6, 6.07) is 4.10. The molecule has 1 atom stereocenters. The Balaban J connectivity index is 2.05. The fourth-order valence-corrected chi connectivity index (χ4v) is 1.71. The van der Waals surface area contributed by atoms with Crippen molar-refractivity contribution in [3.8, 4) is 0 Å². The maximum atomic E-state index is 4.15. The molecule has 0 radical (unpaired) electrons. The van der Waals surface area contributed by atoms with Crippen molar-refractivity contribution in [1.82, 2.24) is 20.0 Å². The summed E-state index contributed by atoms with van der Waals surface area (Å²) in [5.41, 5.74) is 2.34. The Bertz CT molecular complexity index is 435. The maximum Gasteiger partial charge on any atom is 0.0833 e. The van der Waals surface area contributed by atoms with E-state index in [1.807, 2.05) is 23.3 Å². The van der Waals surface area contributed by atoms with E-state index in [0.717, 1.165) is 18.7 Å². The summed E-state index contributed by atoms with van der Waals surface area (Å²) in [5.74, 6) is 0.449. The van der Waals surface area contributed by atoms with Gasteiger partial charge < -0.3 is 0 Å². The van der Waals surface area contributed by atoms with Gasteiger partial charge in [-0.2, -0.15) is 0 Å². The van der Waals surface area contributed by atoms with Gasteiger partial charge in [0.05, 0.1) is 5.69 Å². The van der Waals surface area contributed by atoms with Gasteiger partial charge in [0.25, 0.3) is 0 Å². The molecular weight excluding hydrogens is 200 g/mol. The zero-order valence-electron chi connectivity index (χ0n) is 9.67. The van der Waals surface area contributed by atoms with E-state index in [0.29, 0.717) is 5.92 Å². The smallest absolute Gasteiger partial charge is 0.0833 e. The van der Waals surface area contributed by atoms with Crippen molar-refractivity contribution in [3.05, 3.63) is 42.0 Å². The second-order valence-electron chi connectivity index (χ2n) is 3.95. The average molecular weight is 216 g/mol. The second-order valence-corrected chi connectivity index (χ2v) is 3.95. The molecule has 4 nitrogen and oxygen atoms in total. The van der Waals surface area contributed by atoms with Gasteiger partial charge in [-0.25, -0.2) is 0 Å². The van der Waals surface area contributed by atoms with Gasteiger partial charge in [0.1, 0.15) is 0 Å². The van der Waals surface area contributed by atoms with Gasteiger partial charge in [0.2, 0.25) is 0 Å². The second kappa shape index (κ2) is 4.88. The molecule has 16 heavy (non-hydrogen) atoms. The topological polar surface area (TPSA) is 43.6 Å². The van der Waals surface area contributed by atoms with Crippen molar-refractivity contribution >= 4 is 0 Å². The van der Waals surface area contributed by atoms with Crippen LogP contribution in [0.1, 0.15) is 31.0 Å². The molecule has 0 bridgehead atoms. The summed E-state index contributed by atoms with van der Waals surface area (Å²) in [6.07, 6.45) is 6.59. The van der Waals surface area contributed by atoms with Crippen LogP contribution in [0.15, 0.2) is 30.7 Å². The van der Waals surface area contributed by atoms with Crippen molar-refractivity contribution in [2.75, 3.05) is 0 Å². The average Bonchev–Trinajstić information content (AvgIpc) is 2.78. The predicted octanol–water partition coefficient (Wildman–Crippen LogP) is 2.04. The summed E-state index contributed by atoms with van der Waals surface area (Å²) < 4.78 is 1.86. The molecule has 0 spiro atoms. The molecular formula is C12H16N4. The van der Waals surface area contributed by atoms with Crippen LogP contribution in [0, 0.1) is 0 Å². The lowest BCUT2D eigenvalue weighted by atomic mass is 9.98. The SMILES string of the molecule is CCn1cc(CC(C)c2ccncc2)nn1. The Hall–Kier alpha value is -1.71. The number of nitrogens with zero attached hydrogens (tertiary/aromatic N) is 4. The molecule has 0 aliphatic carbocycles. The van der Waals surface area contributed by atoms with E-state index in [2.05, 4.69) is 41.3 Å². The highest BCUT2D eigenvalue weighted by atomic mass is 15.4. The van der Waals surface area contributed by atoms with E-state index in [1.165, 1.54) is 5.56 Å². The number of aryl methyl sites for hydroxylation is 1. The summed E-state index contributed by atoms with van der Waals surface area (Å²) >= 11 is 0. The van der Waals surface area contributed by atoms with E-state index in [1.54, 1.807) is 0 Å². The van der Waals surface area contributed by atoms with E-state index in [-0.39, 0.29) is 0 Å². The molecule has 0 amide bonds. The van der Waals surface area contributed by atoms with Gasteiger partial charge in [0, 0.05) is 25.1 Å². The zero-order chi connectivity index (χ0) is 11.4. The van der Waals surface area contributed by atoms with Crippen molar-refractivity contribution in [3.63, 3.8) is 0 Å². The summed E-state index contributed by atoms with van der Waals surface area (Å²) in [6.45, 7) is 5.13. The molecule has 0 aromatic carbocycles. The lowest BCUT2D eigenvalue weighted by Crippen LogP contribution is -1.98. The van der Waals surface area contributed by atoms with Crippen LogP contribution in [-0.4, -0.2) is 20.0 Å². The largest absolute Gasteiger partial charge is 0.265 e. The summed E-state index contributed by atoms with van der Waals surface area (Å²) in [7, 11) is 0. The molecule has 0 aliphatic heterocycles. The highest BCUT2D eigenvalue weighted by Gasteiger charge is 2.08. The minimum absolute atomic E-state index is 0.449. The molecule has 2 aromatic heterocycles. The van der Waals surface area contributed by atoms with Crippen LogP contribution in [0.4, 0.5) is 0 Å². The van der Waals surface area contributed by atoms with E-state index in [9.17, 15) is 0 Å². The highest BCUT2D eigenvalue weighted by Crippen LogP contribution is 2.18. The fourth-order valence-electron chi connectivity index (χ4n) is 1.71. The highest BCUT2D eigenvalue weighted by molar-refractivity contribution is 5.16. The molecule has 0 aliphatic rings. The molecule has 84 valence electrons. The Labute approximate surface area is 95.3 Å². The maximum absolute atomic E-state index is 4.15. The first kappa shape index (κ1) is 10.8. The van der Waals surface area contributed by atoms with Crippen LogP contribution in [0.25, 0.3) is 0 Å². The van der Waals surface area contributed by atoms with Gasteiger partial charge in [-0.05, 0) is 37.0 Å². The third-order valence-corrected chi connectivity index (χ3v) is 2.70. The first-order chi connectivity index (χ1) is 7.79. The van der Waals surface area contributed by atoms with Crippen molar-refractivity contribution in [2.45, 2.75) is 32.7 Å². The summed E-state index contributed by atoms with van der Waals surface area (Å²) in [5, 5.41) is 8.19. The van der Waals surface area contributed by atoms with Crippen LogP contribution in [0.3, 0.4) is 0 Å². The van der Waals surface area contributed by atoms with Crippen LogP contribution >= 0.6 is 0 Å².